The lowest BCUT2D eigenvalue weighted by atomic mass is 10.0. The lowest BCUT2D eigenvalue weighted by Crippen LogP contribution is -2.30. The van der Waals surface area contributed by atoms with Gasteiger partial charge in [-0.05, 0) is 109 Å². The van der Waals surface area contributed by atoms with Crippen LogP contribution in [0.25, 0.3) is 0 Å². The molecule has 0 N–H and O–H groups in total. The second kappa shape index (κ2) is 70.3. The maximum Gasteiger partial charge on any atom is 0.306 e. The van der Waals surface area contributed by atoms with Crippen molar-refractivity contribution in [2.24, 2.45) is 0 Å². The Bertz CT molecular complexity index is 1700. The Kier molecular flexibility index (Phi) is 66.7. The summed E-state index contributed by atoms with van der Waals surface area (Å²) in [7, 11) is 0. The number of unbranched alkanes of at least 4 members (excludes halogenated alkanes) is 32. The third-order valence-corrected chi connectivity index (χ3v) is 15.0. The Hall–Kier alpha value is -4.19. The van der Waals surface area contributed by atoms with Crippen LogP contribution in [0.4, 0.5) is 0 Å². The van der Waals surface area contributed by atoms with Crippen LogP contribution in [0, 0.1) is 0 Å². The average Bonchev–Trinajstić information content (AvgIpc) is 3.49. The molecule has 0 saturated carbocycles. The van der Waals surface area contributed by atoms with Crippen molar-refractivity contribution >= 4 is 17.9 Å². The largest absolute Gasteiger partial charge is 0.462 e. The summed E-state index contributed by atoms with van der Waals surface area (Å²) in [6.07, 6.45) is 97.9. The van der Waals surface area contributed by atoms with Gasteiger partial charge >= 0.3 is 17.9 Å². The Morgan fingerprint density at radius 3 is 0.735 bits per heavy atom. The topological polar surface area (TPSA) is 78.9 Å². The van der Waals surface area contributed by atoms with E-state index in [4.69, 9.17) is 14.2 Å². The molecular formula is C77H130O6. The minimum atomic E-state index is -0.796. The summed E-state index contributed by atoms with van der Waals surface area (Å²) in [4.78, 5) is 38.5. The van der Waals surface area contributed by atoms with Gasteiger partial charge < -0.3 is 14.2 Å². The molecule has 0 aromatic rings. The van der Waals surface area contributed by atoms with Gasteiger partial charge in [0.15, 0.2) is 6.10 Å². The molecule has 83 heavy (non-hydrogen) atoms. The number of hydrogen-bond acceptors (Lipinski definition) is 6. The van der Waals surface area contributed by atoms with Crippen molar-refractivity contribution in [1.82, 2.24) is 0 Å². The molecule has 0 amide bonds. The minimum Gasteiger partial charge on any atom is -0.462 e. The van der Waals surface area contributed by atoms with E-state index in [-0.39, 0.29) is 31.1 Å². The molecule has 0 bridgehead atoms. The summed E-state index contributed by atoms with van der Waals surface area (Å²) >= 11 is 0. The van der Waals surface area contributed by atoms with Crippen LogP contribution in [0.5, 0.6) is 0 Å². The van der Waals surface area contributed by atoms with E-state index >= 15 is 0 Å². The first kappa shape index (κ1) is 78.8. The first-order chi connectivity index (χ1) is 41.0. The highest BCUT2D eigenvalue weighted by atomic mass is 16.6. The first-order valence-corrected chi connectivity index (χ1v) is 35.0. The fourth-order valence-corrected chi connectivity index (χ4v) is 9.79. The molecule has 0 aliphatic rings. The predicted molar refractivity (Wildman–Crippen MR) is 362 cm³/mol. The van der Waals surface area contributed by atoms with E-state index in [1.807, 2.05) is 0 Å². The molecule has 0 saturated heterocycles. The summed E-state index contributed by atoms with van der Waals surface area (Å²) in [6, 6.07) is 0. The molecular weight excluding hydrogens is 1020 g/mol. The molecule has 0 aliphatic carbocycles. The van der Waals surface area contributed by atoms with Gasteiger partial charge in [0.1, 0.15) is 13.2 Å². The maximum atomic E-state index is 13.0. The monoisotopic (exact) mass is 1150 g/mol. The fraction of sp³-hybridized carbons (Fsp3) is 0.701. The Morgan fingerprint density at radius 1 is 0.253 bits per heavy atom. The van der Waals surface area contributed by atoms with Crippen molar-refractivity contribution in [3.05, 3.63) is 122 Å². The van der Waals surface area contributed by atoms with Crippen molar-refractivity contribution in [1.29, 1.82) is 0 Å². The number of esters is 3. The smallest absolute Gasteiger partial charge is 0.306 e. The zero-order valence-corrected chi connectivity index (χ0v) is 54.4. The summed E-state index contributed by atoms with van der Waals surface area (Å²) in [5.41, 5.74) is 0. The van der Waals surface area contributed by atoms with Gasteiger partial charge in [0, 0.05) is 19.3 Å². The molecule has 0 fully saturated rings. The van der Waals surface area contributed by atoms with Crippen molar-refractivity contribution in [3.8, 4) is 0 Å². The van der Waals surface area contributed by atoms with Crippen molar-refractivity contribution in [3.63, 3.8) is 0 Å². The molecule has 0 heterocycles. The zero-order chi connectivity index (χ0) is 59.9. The molecule has 6 nitrogen and oxygen atoms in total. The first-order valence-electron chi connectivity index (χ1n) is 35.0. The highest BCUT2D eigenvalue weighted by Gasteiger charge is 2.19. The summed E-state index contributed by atoms with van der Waals surface area (Å²) < 4.78 is 17.0. The molecule has 0 spiro atoms. The quantitative estimate of drug-likeness (QED) is 0.0261. The Balaban J connectivity index is 4.39. The molecule has 1 unspecified atom stereocenters. The third kappa shape index (κ3) is 68.5. The minimum absolute atomic E-state index is 0.0902. The average molecular weight is 1150 g/mol. The van der Waals surface area contributed by atoms with Crippen LogP contribution in [-0.2, 0) is 28.6 Å². The van der Waals surface area contributed by atoms with E-state index in [9.17, 15) is 14.4 Å². The van der Waals surface area contributed by atoms with Crippen LogP contribution in [0.15, 0.2) is 122 Å². The van der Waals surface area contributed by atoms with E-state index in [1.165, 1.54) is 148 Å². The Labute approximate surface area is 513 Å². The van der Waals surface area contributed by atoms with E-state index in [0.29, 0.717) is 19.3 Å². The van der Waals surface area contributed by atoms with Gasteiger partial charge in [-0.25, -0.2) is 0 Å². The highest BCUT2D eigenvalue weighted by molar-refractivity contribution is 5.71. The molecule has 0 rings (SSSR count). The van der Waals surface area contributed by atoms with Gasteiger partial charge in [-0.15, -0.1) is 0 Å². The van der Waals surface area contributed by atoms with Gasteiger partial charge in [0.25, 0.3) is 0 Å². The number of allylic oxidation sites excluding steroid dienone is 20. The lowest BCUT2D eigenvalue weighted by molar-refractivity contribution is -0.167. The van der Waals surface area contributed by atoms with Crippen LogP contribution in [0.2, 0.25) is 0 Å². The molecule has 0 aromatic carbocycles. The van der Waals surface area contributed by atoms with Crippen LogP contribution < -0.4 is 0 Å². The van der Waals surface area contributed by atoms with E-state index in [1.54, 1.807) is 0 Å². The van der Waals surface area contributed by atoms with E-state index < -0.39 is 6.10 Å². The molecule has 6 heteroatoms. The summed E-state index contributed by atoms with van der Waals surface area (Å²) in [5, 5.41) is 0. The van der Waals surface area contributed by atoms with Gasteiger partial charge in [-0.2, -0.15) is 0 Å². The van der Waals surface area contributed by atoms with Crippen LogP contribution in [0.3, 0.4) is 0 Å². The Morgan fingerprint density at radius 2 is 0.470 bits per heavy atom. The van der Waals surface area contributed by atoms with Gasteiger partial charge in [0.05, 0.1) is 0 Å². The second-order valence-corrected chi connectivity index (χ2v) is 23.0. The molecule has 0 aliphatic heterocycles. The molecule has 0 radical (unpaired) electrons. The normalized spacial score (nSPS) is 12.9. The van der Waals surface area contributed by atoms with E-state index in [2.05, 4.69) is 142 Å². The summed E-state index contributed by atoms with van der Waals surface area (Å²) in [5.74, 6) is -0.909. The lowest BCUT2D eigenvalue weighted by Gasteiger charge is -2.18. The van der Waals surface area contributed by atoms with Crippen LogP contribution in [-0.4, -0.2) is 37.2 Å². The fourth-order valence-electron chi connectivity index (χ4n) is 9.79. The number of carbonyl (C=O) groups excluding carboxylic acids is 3. The van der Waals surface area contributed by atoms with Gasteiger partial charge in [-0.3, -0.25) is 14.4 Å². The van der Waals surface area contributed by atoms with Gasteiger partial charge in [0.2, 0.25) is 0 Å². The van der Waals surface area contributed by atoms with Crippen molar-refractivity contribution in [2.45, 2.75) is 335 Å². The van der Waals surface area contributed by atoms with Crippen LogP contribution in [0.1, 0.15) is 329 Å². The number of hydrogen-bond donors (Lipinski definition) is 0. The second-order valence-electron chi connectivity index (χ2n) is 23.0. The zero-order valence-electron chi connectivity index (χ0n) is 54.4. The SMILES string of the molecule is CC/C=C\C/C=C\C/C=C\C/C=C\C/C=C\C/C=C\CCCCCCCCCCC(=O)OCC(COC(=O)CCCCCC/C=C\C/C=C\C/C=C\C/C=C\CC)OC(=O)CCCCCCCCCCCCCCCCCCCCCCC. The molecule has 1 atom stereocenters. The summed E-state index contributed by atoms with van der Waals surface area (Å²) in [6.45, 7) is 6.42. The standard InChI is InChI=1S/C77H130O6/c1-4-7-10-13-16-19-22-25-28-31-33-35-36-37-38-39-40-42-43-46-49-52-55-58-61-64-67-70-76(79)82-73-74(72-81-75(78)69-66-63-60-57-54-51-48-45-30-27-24-21-18-15-12-9-6-3)83-77(80)71-68-65-62-59-56-53-50-47-44-41-34-32-29-26-23-20-17-14-11-8-5-2/h7,9-10,12,16,18-19,21,25,27-28,30,33,35,37-38,40,42,48,51,74H,4-6,8,11,13-15,17,20,22-24,26,29,31-32,34,36,39,41,43-47,49-50,52-73H2,1-3H3/b10-7-,12-9-,19-16-,21-18-,28-25-,30-27-,35-33-,38-37-,42-40-,51-48-. The molecule has 474 valence electrons. The number of carbonyl (C=O) groups is 3. The third-order valence-electron chi connectivity index (χ3n) is 15.0. The predicted octanol–water partition coefficient (Wildman–Crippen LogP) is 24.3. The van der Waals surface area contributed by atoms with Crippen molar-refractivity contribution in [2.75, 3.05) is 13.2 Å². The van der Waals surface area contributed by atoms with Crippen LogP contribution >= 0.6 is 0 Å². The van der Waals surface area contributed by atoms with Gasteiger partial charge in [-0.1, -0.05) is 322 Å². The maximum absolute atomic E-state index is 13.0. The van der Waals surface area contributed by atoms with Crippen molar-refractivity contribution < 1.29 is 28.6 Å². The van der Waals surface area contributed by atoms with E-state index in [0.717, 1.165) is 141 Å². The number of ether oxygens (including phenoxy) is 3. The number of rotatable bonds is 63. The molecule has 0 aromatic heterocycles. The highest BCUT2D eigenvalue weighted by Crippen LogP contribution is 2.17.